The van der Waals surface area contributed by atoms with Crippen LogP contribution in [0.4, 0.5) is 16.2 Å². The van der Waals surface area contributed by atoms with Gasteiger partial charge in [0.25, 0.3) is 5.91 Å². The third-order valence-electron chi connectivity index (χ3n) is 6.18. The number of likely N-dealkylation sites (N-methyl/N-ethyl adjacent to an activating group) is 1. The first-order valence-corrected chi connectivity index (χ1v) is 12.0. The summed E-state index contributed by atoms with van der Waals surface area (Å²) in [5.74, 6) is 0.138. The summed E-state index contributed by atoms with van der Waals surface area (Å²) in [4.78, 5) is 39.4. The molecule has 3 atom stereocenters. The van der Waals surface area contributed by atoms with Gasteiger partial charge in [0.05, 0.1) is 34.8 Å². The summed E-state index contributed by atoms with van der Waals surface area (Å²) in [6.45, 7) is 2.71. The summed E-state index contributed by atoms with van der Waals surface area (Å²) < 4.78 is 12.1. The third kappa shape index (κ3) is 5.86. The Bertz CT molecular complexity index is 1110. The molecule has 0 unspecified atom stereocenters. The highest BCUT2D eigenvalue weighted by molar-refractivity contribution is 6.33. The molecule has 35 heavy (non-hydrogen) atoms. The lowest BCUT2D eigenvalue weighted by molar-refractivity contribution is -0.133. The molecule has 9 nitrogen and oxygen atoms in total. The minimum Gasteiger partial charge on any atom is -0.490 e. The molecule has 4 amide bonds. The topological polar surface area (TPSA) is 109 Å². The Hall–Kier alpha value is -3.30. The van der Waals surface area contributed by atoms with Crippen LogP contribution in [0.15, 0.2) is 42.5 Å². The van der Waals surface area contributed by atoms with Crippen molar-refractivity contribution in [2.24, 2.45) is 0 Å². The summed E-state index contributed by atoms with van der Waals surface area (Å²) in [7, 11) is 1.74. The molecule has 1 fully saturated rings. The zero-order valence-electron chi connectivity index (χ0n) is 19.7. The van der Waals surface area contributed by atoms with Crippen LogP contribution < -0.4 is 20.7 Å². The molecule has 2 aliphatic heterocycles. The van der Waals surface area contributed by atoms with Gasteiger partial charge in [-0.05, 0) is 50.1 Å². The molecule has 2 aromatic rings. The number of para-hydroxylation sites is 1. The number of ether oxygens (including phenoxy) is 2. The van der Waals surface area contributed by atoms with Gasteiger partial charge in [0, 0.05) is 19.3 Å². The van der Waals surface area contributed by atoms with Gasteiger partial charge < -0.3 is 30.3 Å². The van der Waals surface area contributed by atoms with Crippen molar-refractivity contribution in [3.05, 3.63) is 53.1 Å². The average molecular weight is 501 g/mol. The molecule has 0 aliphatic carbocycles. The Morgan fingerprint density at radius 3 is 2.71 bits per heavy atom. The van der Waals surface area contributed by atoms with Gasteiger partial charge in [-0.3, -0.25) is 9.59 Å². The third-order valence-corrected chi connectivity index (χ3v) is 6.51. The van der Waals surface area contributed by atoms with Gasteiger partial charge in [-0.25, -0.2) is 4.79 Å². The van der Waals surface area contributed by atoms with Crippen LogP contribution in [-0.2, 0) is 9.53 Å². The van der Waals surface area contributed by atoms with Crippen LogP contribution in [0.5, 0.6) is 5.75 Å². The van der Waals surface area contributed by atoms with Crippen LogP contribution in [0.3, 0.4) is 0 Å². The number of hydrogen-bond donors (Lipinski definition) is 3. The minimum absolute atomic E-state index is 0.0453. The maximum absolute atomic E-state index is 13.3. The molecule has 0 aromatic heterocycles. The van der Waals surface area contributed by atoms with Crippen LogP contribution in [0.25, 0.3) is 0 Å². The van der Waals surface area contributed by atoms with Gasteiger partial charge in [0.15, 0.2) is 0 Å². The number of halogens is 1. The van der Waals surface area contributed by atoms with E-state index in [1.54, 1.807) is 54.4 Å². The summed E-state index contributed by atoms with van der Waals surface area (Å²) in [6, 6.07) is 11.2. The second-order valence-corrected chi connectivity index (χ2v) is 9.00. The number of rotatable bonds is 5. The first kappa shape index (κ1) is 24.8. The van der Waals surface area contributed by atoms with Crippen molar-refractivity contribution >= 4 is 40.8 Å². The highest BCUT2D eigenvalue weighted by Gasteiger charge is 2.39. The molecule has 10 heteroatoms. The molecular formula is C25H29ClN4O5. The smallest absolute Gasteiger partial charge is 0.323 e. The van der Waals surface area contributed by atoms with Crippen molar-refractivity contribution in [3.8, 4) is 5.75 Å². The molecule has 186 valence electrons. The van der Waals surface area contributed by atoms with Crippen molar-refractivity contribution in [2.75, 3.05) is 30.8 Å². The van der Waals surface area contributed by atoms with Crippen LogP contribution >= 0.6 is 11.6 Å². The summed E-state index contributed by atoms with van der Waals surface area (Å²) in [5, 5.41) is 8.64. The van der Waals surface area contributed by atoms with Crippen molar-refractivity contribution in [1.82, 2.24) is 10.2 Å². The van der Waals surface area contributed by atoms with Gasteiger partial charge in [0.2, 0.25) is 5.91 Å². The highest BCUT2D eigenvalue weighted by Crippen LogP contribution is 2.32. The van der Waals surface area contributed by atoms with Crippen molar-refractivity contribution in [2.45, 2.75) is 44.4 Å². The quantitative estimate of drug-likeness (QED) is 0.577. The van der Waals surface area contributed by atoms with E-state index in [1.165, 1.54) is 0 Å². The van der Waals surface area contributed by atoms with E-state index < -0.39 is 6.03 Å². The normalized spacial score (nSPS) is 21.5. The van der Waals surface area contributed by atoms with Gasteiger partial charge >= 0.3 is 6.03 Å². The highest BCUT2D eigenvalue weighted by atomic mass is 35.5. The fraction of sp³-hybridized carbons (Fsp3) is 0.400. The first-order chi connectivity index (χ1) is 16.9. The van der Waals surface area contributed by atoms with E-state index in [-0.39, 0.29) is 43.1 Å². The van der Waals surface area contributed by atoms with Crippen LogP contribution in [0.2, 0.25) is 5.02 Å². The number of nitrogens with zero attached hydrogens (tertiary/aromatic N) is 1. The molecule has 0 radical (unpaired) electrons. The van der Waals surface area contributed by atoms with Gasteiger partial charge in [0.1, 0.15) is 18.5 Å². The lowest BCUT2D eigenvalue weighted by atomic mass is 9.94. The maximum Gasteiger partial charge on any atom is 0.323 e. The average Bonchev–Trinajstić information content (AvgIpc) is 2.83. The zero-order chi connectivity index (χ0) is 24.9. The fourth-order valence-electron chi connectivity index (χ4n) is 4.43. The Kier molecular flexibility index (Phi) is 7.77. The number of nitrogens with one attached hydrogen (secondary N) is 3. The molecule has 0 saturated carbocycles. The molecule has 2 aromatic carbocycles. The van der Waals surface area contributed by atoms with Gasteiger partial charge in [-0.15, -0.1) is 0 Å². The van der Waals surface area contributed by atoms with Crippen LogP contribution in [0, 0.1) is 0 Å². The maximum atomic E-state index is 13.3. The van der Waals surface area contributed by atoms with Crippen LogP contribution in [0.1, 0.15) is 36.5 Å². The Morgan fingerprint density at radius 2 is 1.94 bits per heavy atom. The van der Waals surface area contributed by atoms with E-state index >= 15 is 0 Å². The number of fused-ring (bicyclic) bond motifs is 2. The predicted octanol–water partition coefficient (Wildman–Crippen LogP) is 3.89. The molecule has 2 heterocycles. The predicted molar refractivity (Wildman–Crippen MR) is 133 cm³/mol. The standard InChI is InChI=1S/C25H29ClN4O5/c1-3-27-23(31)13-16-9-10-20-22(35-16)14-34-21-11-8-15(12-17(21)24(32)30(20)2)28-25(33)29-19-7-5-4-6-18(19)26/h4-8,11-12,16,20,22H,3,9-10,13-14H2,1-2H3,(H,27,31)(H2,28,29,33)/t16-,20+,22-/m1/s1. The molecule has 0 bridgehead atoms. The summed E-state index contributed by atoms with van der Waals surface area (Å²) >= 11 is 6.10. The molecule has 0 spiro atoms. The molecular weight excluding hydrogens is 472 g/mol. The van der Waals surface area contributed by atoms with E-state index in [1.807, 2.05) is 6.92 Å². The second kappa shape index (κ2) is 11.0. The number of anilines is 2. The monoisotopic (exact) mass is 500 g/mol. The number of carbonyl (C=O) groups is 3. The summed E-state index contributed by atoms with van der Waals surface area (Å²) in [6.07, 6.45) is 1.11. The summed E-state index contributed by atoms with van der Waals surface area (Å²) in [5.41, 5.74) is 1.27. The van der Waals surface area contributed by atoms with Crippen molar-refractivity contribution < 1.29 is 23.9 Å². The van der Waals surface area contributed by atoms with Crippen molar-refractivity contribution in [1.29, 1.82) is 0 Å². The molecule has 2 aliphatic rings. The van der Waals surface area contributed by atoms with Crippen molar-refractivity contribution in [3.63, 3.8) is 0 Å². The van der Waals surface area contributed by atoms with Gasteiger partial charge in [-0.1, -0.05) is 23.7 Å². The number of benzene rings is 2. The van der Waals surface area contributed by atoms with E-state index in [4.69, 9.17) is 21.1 Å². The number of amides is 4. The number of hydrogen-bond acceptors (Lipinski definition) is 5. The Morgan fingerprint density at radius 1 is 1.14 bits per heavy atom. The van der Waals surface area contributed by atoms with E-state index in [0.29, 0.717) is 47.1 Å². The molecule has 4 rings (SSSR count). The second-order valence-electron chi connectivity index (χ2n) is 8.60. The largest absolute Gasteiger partial charge is 0.490 e. The molecule has 3 N–H and O–H groups in total. The van der Waals surface area contributed by atoms with Gasteiger partial charge in [-0.2, -0.15) is 0 Å². The Balaban J connectivity index is 1.46. The number of carbonyl (C=O) groups excluding carboxylic acids is 3. The SMILES string of the molecule is CCNC(=O)C[C@H]1CC[C@H]2[C@@H](COc3ccc(NC(=O)Nc4ccccc4Cl)cc3C(=O)N2C)O1. The van der Waals surface area contributed by atoms with Crippen LogP contribution in [-0.4, -0.2) is 61.2 Å². The van der Waals surface area contributed by atoms with E-state index in [0.717, 1.165) is 0 Å². The van der Waals surface area contributed by atoms with E-state index in [2.05, 4.69) is 16.0 Å². The van der Waals surface area contributed by atoms with E-state index in [9.17, 15) is 14.4 Å². The minimum atomic E-state index is -0.482. The lowest BCUT2D eigenvalue weighted by Gasteiger charge is -2.42. The molecule has 1 saturated heterocycles. The zero-order valence-corrected chi connectivity index (χ0v) is 20.4. The Labute approximate surface area is 209 Å². The first-order valence-electron chi connectivity index (χ1n) is 11.6. The number of urea groups is 1. The lowest BCUT2D eigenvalue weighted by Crippen LogP contribution is -2.54. The fourth-order valence-corrected chi connectivity index (χ4v) is 4.61.